The maximum absolute atomic E-state index is 11.4. The van der Waals surface area contributed by atoms with Gasteiger partial charge in [-0.3, -0.25) is 4.79 Å². The molecule has 1 unspecified atom stereocenters. The fraction of sp³-hybridized carbons (Fsp3) is 0.417. The molecule has 0 amide bonds. The van der Waals surface area contributed by atoms with E-state index in [-0.39, 0.29) is 10.6 Å². The molecule has 1 aromatic carbocycles. The maximum Gasteiger partial charge on any atom is 0.147 e. The first-order valence-corrected chi connectivity index (χ1v) is 5.79. The molecular weight excluding hydrogens is 272 g/mol. The van der Waals surface area contributed by atoms with Gasteiger partial charge in [0.05, 0.1) is 14.2 Å². The second-order valence-electron chi connectivity index (χ2n) is 3.54. The molecule has 1 rings (SSSR count). The topological polar surface area (TPSA) is 35.5 Å². The van der Waals surface area contributed by atoms with Crippen LogP contribution in [0, 0.1) is 6.92 Å². The molecule has 0 aliphatic rings. The lowest BCUT2D eigenvalue weighted by molar-refractivity contribution is -0.116. The van der Waals surface area contributed by atoms with Gasteiger partial charge in [-0.15, -0.1) is 0 Å². The molecule has 1 atom stereocenters. The zero-order chi connectivity index (χ0) is 12.3. The van der Waals surface area contributed by atoms with Gasteiger partial charge in [-0.25, -0.2) is 0 Å². The van der Waals surface area contributed by atoms with Crippen LogP contribution in [-0.4, -0.2) is 20.0 Å². The predicted octanol–water partition coefficient (Wildman–Crippen LogP) is 3.04. The van der Waals surface area contributed by atoms with E-state index in [9.17, 15) is 4.79 Å². The molecule has 88 valence electrons. The lowest BCUT2D eigenvalue weighted by Gasteiger charge is -2.15. The van der Waals surface area contributed by atoms with Crippen molar-refractivity contribution < 1.29 is 14.3 Å². The van der Waals surface area contributed by atoms with E-state index in [1.165, 1.54) is 6.92 Å². The highest BCUT2D eigenvalue weighted by Gasteiger charge is 2.19. The third kappa shape index (κ3) is 2.55. The second-order valence-corrected chi connectivity index (χ2v) is 4.45. The maximum atomic E-state index is 11.4. The minimum absolute atomic E-state index is 0.0317. The molecule has 1 aromatic rings. The van der Waals surface area contributed by atoms with Crippen molar-refractivity contribution in [3.63, 3.8) is 0 Å². The number of aryl methyl sites for hydroxylation is 1. The van der Waals surface area contributed by atoms with Crippen LogP contribution < -0.4 is 9.47 Å². The van der Waals surface area contributed by atoms with Crippen LogP contribution in [0.3, 0.4) is 0 Å². The summed E-state index contributed by atoms with van der Waals surface area (Å²) >= 11 is 3.34. The van der Waals surface area contributed by atoms with E-state index in [0.717, 1.165) is 16.9 Å². The molecule has 3 nitrogen and oxygen atoms in total. The molecular formula is C12H15BrO3. The smallest absolute Gasteiger partial charge is 0.147 e. The first kappa shape index (κ1) is 13.0. The number of ether oxygens (including phenoxy) is 2. The van der Waals surface area contributed by atoms with Crippen LogP contribution in [0.2, 0.25) is 0 Å². The zero-order valence-corrected chi connectivity index (χ0v) is 11.4. The highest BCUT2D eigenvalue weighted by molar-refractivity contribution is 9.09. The van der Waals surface area contributed by atoms with Crippen molar-refractivity contribution >= 4 is 21.7 Å². The fourth-order valence-corrected chi connectivity index (χ4v) is 1.85. The Kier molecular flexibility index (Phi) is 4.35. The van der Waals surface area contributed by atoms with Crippen molar-refractivity contribution in [1.29, 1.82) is 0 Å². The number of Topliss-reactive ketones (excluding diaryl/α,β-unsaturated/α-hetero) is 1. The summed E-state index contributed by atoms with van der Waals surface area (Å²) < 4.78 is 10.5. The van der Waals surface area contributed by atoms with E-state index in [1.54, 1.807) is 14.2 Å². The number of halogens is 1. The van der Waals surface area contributed by atoms with Crippen LogP contribution in [0.5, 0.6) is 11.5 Å². The molecule has 0 heterocycles. The Balaban J connectivity index is 3.29. The molecule has 0 fully saturated rings. The van der Waals surface area contributed by atoms with Crippen molar-refractivity contribution in [1.82, 2.24) is 0 Å². The van der Waals surface area contributed by atoms with Crippen molar-refractivity contribution in [3.05, 3.63) is 23.3 Å². The number of ketones is 1. The van der Waals surface area contributed by atoms with Gasteiger partial charge in [0.2, 0.25) is 0 Å². The van der Waals surface area contributed by atoms with Gasteiger partial charge in [0.25, 0.3) is 0 Å². The monoisotopic (exact) mass is 286 g/mol. The zero-order valence-electron chi connectivity index (χ0n) is 9.83. The summed E-state index contributed by atoms with van der Waals surface area (Å²) in [7, 11) is 3.19. The van der Waals surface area contributed by atoms with Crippen molar-refractivity contribution in [2.45, 2.75) is 18.7 Å². The molecule has 0 bridgehead atoms. The molecule has 0 aliphatic heterocycles. The number of benzene rings is 1. The largest absolute Gasteiger partial charge is 0.496 e. The Morgan fingerprint density at radius 3 is 2.25 bits per heavy atom. The van der Waals surface area contributed by atoms with Gasteiger partial charge in [0.1, 0.15) is 22.1 Å². The highest BCUT2D eigenvalue weighted by Crippen LogP contribution is 2.36. The first-order valence-electron chi connectivity index (χ1n) is 4.88. The standard InChI is InChI=1S/C12H15BrO3/c1-7-5-11(16-4)9(6-10(7)15-3)12(13)8(2)14/h5-6,12H,1-4H3. The van der Waals surface area contributed by atoms with E-state index >= 15 is 0 Å². The van der Waals surface area contributed by atoms with Crippen LogP contribution >= 0.6 is 15.9 Å². The van der Waals surface area contributed by atoms with Gasteiger partial charge in [-0.2, -0.15) is 0 Å². The average molecular weight is 287 g/mol. The third-order valence-corrected chi connectivity index (χ3v) is 3.52. The van der Waals surface area contributed by atoms with Gasteiger partial charge >= 0.3 is 0 Å². The summed E-state index contributed by atoms with van der Waals surface area (Å²) in [5, 5.41) is 0. The lowest BCUT2D eigenvalue weighted by Crippen LogP contribution is -2.04. The summed E-state index contributed by atoms with van der Waals surface area (Å²) in [6.07, 6.45) is 0. The normalized spacial score (nSPS) is 12.1. The quantitative estimate of drug-likeness (QED) is 0.798. The van der Waals surface area contributed by atoms with Crippen molar-refractivity contribution in [2.75, 3.05) is 14.2 Å². The van der Waals surface area contributed by atoms with Crippen LogP contribution in [0.1, 0.15) is 22.9 Å². The van der Waals surface area contributed by atoms with E-state index in [4.69, 9.17) is 9.47 Å². The minimum Gasteiger partial charge on any atom is -0.496 e. The number of carbonyl (C=O) groups excluding carboxylic acids is 1. The number of hydrogen-bond donors (Lipinski definition) is 0. The van der Waals surface area contributed by atoms with Crippen LogP contribution in [0.4, 0.5) is 0 Å². The minimum atomic E-state index is -0.364. The van der Waals surface area contributed by atoms with Crippen LogP contribution in [0.25, 0.3) is 0 Å². The molecule has 0 radical (unpaired) electrons. The van der Waals surface area contributed by atoms with Crippen LogP contribution in [0.15, 0.2) is 12.1 Å². The second kappa shape index (κ2) is 5.34. The van der Waals surface area contributed by atoms with Gasteiger partial charge in [-0.1, -0.05) is 15.9 Å². The van der Waals surface area contributed by atoms with Crippen molar-refractivity contribution in [3.8, 4) is 11.5 Å². The fourth-order valence-electron chi connectivity index (χ4n) is 1.49. The number of rotatable bonds is 4. The number of alkyl halides is 1. The predicted molar refractivity (Wildman–Crippen MR) is 66.6 cm³/mol. The molecule has 0 saturated heterocycles. The first-order chi connectivity index (χ1) is 7.51. The van der Waals surface area contributed by atoms with Crippen LogP contribution in [-0.2, 0) is 4.79 Å². The molecule has 0 spiro atoms. The summed E-state index contributed by atoms with van der Waals surface area (Å²) in [6, 6.07) is 3.69. The lowest BCUT2D eigenvalue weighted by atomic mass is 10.0. The molecule has 0 N–H and O–H groups in total. The summed E-state index contributed by atoms with van der Waals surface area (Å²) in [6.45, 7) is 3.47. The van der Waals surface area contributed by atoms with Crippen molar-refractivity contribution in [2.24, 2.45) is 0 Å². The van der Waals surface area contributed by atoms with Gasteiger partial charge in [0.15, 0.2) is 0 Å². The Morgan fingerprint density at radius 2 is 1.81 bits per heavy atom. The molecule has 0 aromatic heterocycles. The molecule has 16 heavy (non-hydrogen) atoms. The average Bonchev–Trinajstić information content (AvgIpc) is 2.27. The Labute approximate surface area is 104 Å². The van der Waals surface area contributed by atoms with E-state index < -0.39 is 0 Å². The third-order valence-electron chi connectivity index (χ3n) is 2.38. The molecule has 0 aliphatic carbocycles. The summed E-state index contributed by atoms with van der Waals surface area (Å²) in [4.78, 5) is 11.0. The Morgan fingerprint density at radius 1 is 1.25 bits per heavy atom. The highest BCUT2D eigenvalue weighted by atomic mass is 79.9. The van der Waals surface area contributed by atoms with Gasteiger partial charge < -0.3 is 9.47 Å². The Hall–Kier alpha value is -1.03. The van der Waals surface area contributed by atoms with E-state index in [1.807, 2.05) is 19.1 Å². The Bertz CT molecular complexity index is 401. The molecule has 0 saturated carbocycles. The van der Waals surface area contributed by atoms with Gasteiger partial charge in [-0.05, 0) is 31.5 Å². The van der Waals surface area contributed by atoms with Gasteiger partial charge in [0, 0.05) is 5.56 Å². The SMILES string of the molecule is COc1cc(C(Br)C(C)=O)c(OC)cc1C. The summed E-state index contributed by atoms with van der Waals surface area (Å²) in [5.41, 5.74) is 1.77. The number of carbonyl (C=O) groups is 1. The van der Waals surface area contributed by atoms with E-state index in [0.29, 0.717) is 5.75 Å². The van der Waals surface area contributed by atoms with E-state index in [2.05, 4.69) is 15.9 Å². The number of methoxy groups -OCH3 is 2. The summed E-state index contributed by atoms with van der Waals surface area (Å²) in [5.74, 6) is 1.47. The number of hydrogen-bond acceptors (Lipinski definition) is 3. The molecule has 4 heteroatoms.